The van der Waals surface area contributed by atoms with Gasteiger partial charge in [0.1, 0.15) is 0 Å². The van der Waals surface area contributed by atoms with Gasteiger partial charge in [0.05, 0.1) is 6.10 Å². The number of likely N-dealkylation sites (tertiary alicyclic amines) is 1. The third kappa shape index (κ3) is 3.72. The minimum atomic E-state index is 0.480. The fourth-order valence-corrected chi connectivity index (χ4v) is 2.75. The molecule has 2 saturated heterocycles. The minimum absolute atomic E-state index is 0.480. The fourth-order valence-electron chi connectivity index (χ4n) is 2.75. The van der Waals surface area contributed by atoms with Crippen LogP contribution in [-0.2, 0) is 4.74 Å². The highest BCUT2D eigenvalue weighted by molar-refractivity contribution is 4.75. The Morgan fingerprint density at radius 1 is 1.25 bits per heavy atom. The molecule has 2 heterocycles. The molecule has 0 aromatic heterocycles. The van der Waals surface area contributed by atoms with Gasteiger partial charge in [-0.1, -0.05) is 6.42 Å². The van der Waals surface area contributed by atoms with Crippen LogP contribution in [0.5, 0.6) is 0 Å². The van der Waals surface area contributed by atoms with Gasteiger partial charge in [-0.3, -0.25) is 4.90 Å². The summed E-state index contributed by atoms with van der Waals surface area (Å²) in [6.07, 6.45) is 7.16. The average molecular weight is 226 g/mol. The second kappa shape index (κ2) is 6.58. The number of nitrogens with zero attached hydrogens (tertiary/aromatic N) is 1. The largest absolute Gasteiger partial charge is 0.377 e. The highest BCUT2D eigenvalue weighted by atomic mass is 16.5. The Kier molecular flexibility index (Phi) is 5.07. The first-order valence-corrected chi connectivity index (χ1v) is 6.92. The van der Waals surface area contributed by atoms with Gasteiger partial charge in [-0.25, -0.2) is 0 Å². The first kappa shape index (κ1) is 12.3. The predicted molar refractivity (Wildman–Crippen MR) is 66.7 cm³/mol. The van der Waals surface area contributed by atoms with E-state index in [0.29, 0.717) is 12.1 Å². The first-order chi connectivity index (χ1) is 7.86. The smallest absolute Gasteiger partial charge is 0.0700 e. The Morgan fingerprint density at radius 2 is 2.06 bits per heavy atom. The van der Waals surface area contributed by atoms with Crippen LogP contribution in [0.2, 0.25) is 0 Å². The molecule has 2 atom stereocenters. The van der Waals surface area contributed by atoms with Gasteiger partial charge in [-0.2, -0.15) is 0 Å². The van der Waals surface area contributed by atoms with Crippen molar-refractivity contribution in [3.05, 3.63) is 0 Å². The van der Waals surface area contributed by atoms with Crippen LogP contribution < -0.4 is 5.32 Å². The maximum absolute atomic E-state index is 5.60. The SMILES string of the molecule is CC(CNCC1CCCO1)N1CCCCC1. The summed E-state index contributed by atoms with van der Waals surface area (Å²) >= 11 is 0. The third-order valence-electron chi connectivity index (χ3n) is 3.85. The normalized spacial score (nSPS) is 29.4. The highest BCUT2D eigenvalue weighted by Crippen LogP contribution is 2.12. The van der Waals surface area contributed by atoms with E-state index in [1.807, 2.05) is 0 Å². The standard InChI is InChI=1S/C13H26N2O/c1-12(15-7-3-2-4-8-15)10-14-11-13-6-5-9-16-13/h12-14H,2-11H2,1H3. The lowest BCUT2D eigenvalue weighted by Gasteiger charge is -2.32. The molecule has 0 saturated carbocycles. The quantitative estimate of drug-likeness (QED) is 0.771. The molecular weight excluding hydrogens is 200 g/mol. The lowest BCUT2D eigenvalue weighted by atomic mass is 10.1. The van der Waals surface area contributed by atoms with Gasteiger partial charge >= 0.3 is 0 Å². The lowest BCUT2D eigenvalue weighted by Crippen LogP contribution is -2.44. The van der Waals surface area contributed by atoms with Gasteiger partial charge < -0.3 is 10.1 Å². The molecule has 3 nitrogen and oxygen atoms in total. The summed E-state index contributed by atoms with van der Waals surface area (Å²) in [4.78, 5) is 2.62. The van der Waals surface area contributed by atoms with E-state index in [0.717, 1.165) is 19.7 Å². The molecule has 2 fully saturated rings. The predicted octanol–water partition coefficient (Wildman–Crippen LogP) is 1.63. The van der Waals surface area contributed by atoms with Gasteiger partial charge in [0, 0.05) is 25.7 Å². The van der Waals surface area contributed by atoms with E-state index in [1.54, 1.807) is 0 Å². The molecule has 2 rings (SSSR count). The van der Waals surface area contributed by atoms with Crippen LogP contribution in [0.4, 0.5) is 0 Å². The van der Waals surface area contributed by atoms with Gasteiger partial charge in [0.25, 0.3) is 0 Å². The molecule has 0 amide bonds. The molecule has 16 heavy (non-hydrogen) atoms. The summed E-state index contributed by atoms with van der Waals surface area (Å²) in [6, 6.07) is 0.682. The molecule has 0 radical (unpaired) electrons. The Bertz CT molecular complexity index is 186. The molecule has 2 aliphatic rings. The Labute approximate surface area is 99.5 Å². The van der Waals surface area contributed by atoms with E-state index in [4.69, 9.17) is 4.74 Å². The van der Waals surface area contributed by atoms with Crippen LogP contribution in [0.1, 0.15) is 39.0 Å². The summed E-state index contributed by atoms with van der Waals surface area (Å²) < 4.78 is 5.60. The molecule has 2 aliphatic heterocycles. The summed E-state index contributed by atoms with van der Waals surface area (Å²) in [7, 11) is 0. The summed E-state index contributed by atoms with van der Waals surface area (Å²) in [6.45, 7) is 8.05. The van der Waals surface area contributed by atoms with Gasteiger partial charge in [-0.15, -0.1) is 0 Å². The van der Waals surface area contributed by atoms with Crippen LogP contribution in [0, 0.1) is 0 Å². The third-order valence-corrected chi connectivity index (χ3v) is 3.85. The second-order valence-corrected chi connectivity index (χ2v) is 5.24. The van der Waals surface area contributed by atoms with Crippen molar-refractivity contribution in [2.24, 2.45) is 0 Å². The maximum Gasteiger partial charge on any atom is 0.0700 e. The molecule has 0 bridgehead atoms. The van der Waals surface area contributed by atoms with Crippen molar-refractivity contribution in [1.82, 2.24) is 10.2 Å². The van der Waals surface area contributed by atoms with E-state index < -0.39 is 0 Å². The van der Waals surface area contributed by atoms with E-state index in [-0.39, 0.29) is 0 Å². The number of nitrogens with one attached hydrogen (secondary N) is 1. The second-order valence-electron chi connectivity index (χ2n) is 5.24. The molecule has 3 heteroatoms. The van der Waals surface area contributed by atoms with Gasteiger partial charge in [0.15, 0.2) is 0 Å². The van der Waals surface area contributed by atoms with Crippen molar-refractivity contribution in [1.29, 1.82) is 0 Å². The topological polar surface area (TPSA) is 24.5 Å². The summed E-state index contributed by atoms with van der Waals surface area (Å²) in [5.74, 6) is 0. The Morgan fingerprint density at radius 3 is 2.75 bits per heavy atom. The summed E-state index contributed by atoms with van der Waals surface area (Å²) in [5, 5.41) is 3.56. The van der Waals surface area contributed by atoms with E-state index in [9.17, 15) is 0 Å². The zero-order valence-corrected chi connectivity index (χ0v) is 10.6. The fraction of sp³-hybridized carbons (Fsp3) is 1.00. The lowest BCUT2D eigenvalue weighted by molar-refractivity contribution is 0.106. The molecule has 0 spiro atoms. The molecule has 0 aliphatic carbocycles. The van der Waals surface area contributed by atoms with Crippen LogP contribution in [-0.4, -0.2) is 49.8 Å². The zero-order valence-electron chi connectivity index (χ0n) is 10.6. The monoisotopic (exact) mass is 226 g/mol. The molecular formula is C13H26N2O. The van der Waals surface area contributed by atoms with Crippen molar-refractivity contribution >= 4 is 0 Å². The number of piperidine rings is 1. The van der Waals surface area contributed by atoms with Crippen LogP contribution >= 0.6 is 0 Å². The molecule has 0 aromatic rings. The number of hydrogen-bond donors (Lipinski definition) is 1. The number of ether oxygens (including phenoxy) is 1. The Hall–Kier alpha value is -0.120. The van der Waals surface area contributed by atoms with Crippen LogP contribution in [0.15, 0.2) is 0 Å². The average Bonchev–Trinajstić information content (AvgIpc) is 2.83. The van der Waals surface area contributed by atoms with Crippen molar-refractivity contribution in [2.75, 3.05) is 32.8 Å². The van der Waals surface area contributed by atoms with E-state index in [2.05, 4.69) is 17.1 Å². The van der Waals surface area contributed by atoms with Crippen molar-refractivity contribution in [2.45, 2.75) is 51.2 Å². The Balaban J connectivity index is 1.57. The van der Waals surface area contributed by atoms with Crippen LogP contribution in [0.25, 0.3) is 0 Å². The van der Waals surface area contributed by atoms with E-state index in [1.165, 1.54) is 45.2 Å². The number of rotatable bonds is 5. The molecule has 0 aromatic carbocycles. The molecule has 1 N–H and O–H groups in total. The van der Waals surface area contributed by atoms with Crippen LogP contribution in [0.3, 0.4) is 0 Å². The van der Waals surface area contributed by atoms with Gasteiger partial charge in [0.2, 0.25) is 0 Å². The minimum Gasteiger partial charge on any atom is -0.377 e. The van der Waals surface area contributed by atoms with Crippen molar-refractivity contribution in [3.63, 3.8) is 0 Å². The zero-order chi connectivity index (χ0) is 11.2. The number of hydrogen-bond acceptors (Lipinski definition) is 3. The highest BCUT2D eigenvalue weighted by Gasteiger charge is 2.18. The summed E-state index contributed by atoms with van der Waals surface area (Å²) in [5.41, 5.74) is 0. The maximum atomic E-state index is 5.60. The van der Waals surface area contributed by atoms with Crippen molar-refractivity contribution in [3.8, 4) is 0 Å². The molecule has 2 unspecified atom stereocenters. The molecule has 94 valence electrons. The first-order valence-electron chi connectivity index (χ1n) is 6.92. The van der Waals surface area contributed by atoms with E-state index >= 15 is 0 Å². The van der Waals surface area contributed by atoms with Crippen molar-refractivity contribution < 1.29 is 4.74 Å². The van der Waals surface area contributed by atoms with Gasteiger partial charge in [-0.05, 0) is 45.7 Å².